The molecular weight excluding hydrogens is 338 g/mol. The van der Waals surface area contributed by atoms with Gasteiger partial charge in [0.25, 0.3) is 5.91 Å². The van der Waals surface area contributed by atoms with Gasteiger partial charge in [-0.2, -0.15) is 5.26 Å². The number of hydrogen-bond donors (Lipinski definition) is 1. The molecule has 1 aliphatic rings. The van der Waals surface area contributed by atoms with Crippen molar-refractivity contribution in [1.29, 1.82) is 5.26 Å². The number of esters is 1. The van der Waals surface area contributed by atoms with Crippen molar-refractivity contribution < 1.29 is 23.5 Å². The Morgan fingerprint density at radius 3 is 2.85 bits per heavy atom. The van der Waals surface area contributed by atoms with E-state index in [9.17, 15) is 19.6 Å². The predicted octanol–water partition coefficient (Wildman–Crippen LogP) is 1.23. The fraction of sp³-hybridized carbons (Fsp3) is 0.556. The summed E-state index contributed by atoms with van der Waals surface area (Å²) in [6.45, 7) is 5.28. The van der Waals surface area contributed by atoms with Gasteiger partial charge in [-0.15, -0.1) is 0 Å². The number of amides is 2. The summed E-state index contributed by atoms with van der Waals surface area (Å²) in [6.07, 6.45) is 1.56. The Labute approximate surface area is 152 Å². The fourth-order valence-corrected chi connectivity index (χ4v) is 2.56. The molecule has 1 N–H and O–H groups in total. The van der Waals surface area contributed by atoms with E-state index in [0.717, 1.165) is 0 Å². The fourth-order valence-electron chi connectivity index (χ4n) is 2.56. The zero-order valence-electron chi connectivity index (χ0n) is 15.2. The Morgan fingerprint density at radius 2 is 2.27 bits per heavy atom. The van der Waals surface area contributed by atoms with Crippen LogP contribution in [0.5, 0.6) is 0 Å². The second-order valence-corrected chi connectivity index (χ2v) is 6.88. The highest BCUT2D eigenvalue weighted by atomic mass is 16.5. The van der Waals surface area contributed by atoms with E-state index < -0.39 is 29.9 Å². The summed E-state index contributed by atoms with van der Waals surface area (Å²) in [5.74, 6) is -1.39. The summed E-state index contributed by atoms with van der Waals surface area (Å²) in [5.41, 5.74) is -1.04. The van der Waals surface area contributed by atoms with Crippen LogP contribution in [-0.4, -0.2) is 41.4 Å². The van der Waals surface area contributed by atoms with Crippen molar-refractivity contribution in [2.24, 2.45) is 11.8 Å². The topological polar surface area (TPSA) is 113 Å². The summed E-state index contributed by atoms with van der Waals surface area (Å²) >= 11 is 0. The minimum atomic E-state index is -1.04. The number of likely N-dealkylation sites (tertiary alicyclic amines) is 1. The molecule has 1 aromatic heterocycles. The van der Waals surface area contributed by atoms with Gasteiger partial charge in [0.2, 0.25) is 5.91 Å². The first-order valence-electron chi connectivity index (χ1n) is 8.44. The van der Waals surface area contributed by atoms with E-state index in [1.807, 2.05) is 13.8 Å². The van der Waals surface area contributed by atoms with Crippen molar-refractivity contribution in [3.8, 4) is 6.07 Å². The van der Waals surface area contributed by atoms with Gasteiger partial charge in [0.05, 0.1) is 24.8 Å². The number of rotatable bonds is 7. The molecule has 2 heterocycles. The van der Waals surface area contributed by atoms with Crippen molar-refractivity contribution in [1.82, 2.24) is 10.2 Å². The van der Waals surface area contributed by atoms with Crippen molar-refractivity contribution in [2.75, 3.05) is 13.2 Å². The van der Waals surface area contributed by atoms with Gasteiger partial charge in [-0.3, -0.25) is 14.4 Å². The third-order valence-electron chi connectivity index (χ3n) is 4.61. The molecule has 0 unspecified atom stereocenters. The van der Waals surface area contributed by atoms with Crippen molar-refractivity contribution in [3.05, 3.63) is 24.2 Å². The Morgan fingerprint density at radius 1 is 1.54 bits per heavy atom. The molecule has 0 aliphatic carbocycles. The molecule has 1 aromatic rings. The molecule has 1 aliphatic heterocycles. The quantitative estimate of drug-likeness (QED) is 0.731. The van der Waals surface area contributed by atoms with Crippen LogP contribution >= 0.6 is 0 Å². The van der Waals surface area contributed by atoms with E-state index in [0.29, 0.717) is 12.3 Å². The van der Waals surface area contributed by atoms with Crippen molar-refractivity contribution in [2.45, 2.75) is 39.3 Å². The third kappa shape index (κ3) is 4.63. The number of ether oxygens (including phenoxy) is 1. The molecule has 1 saturated heterocycles. The zero-order valence-corrected chi connectivity index (χ0v) is 15.2. The molecule has 26 heavy (non-hydrogen) atoms. The number of furan rings is 1. The summed E-state index contributed by atoms with van der Waals surface area (Å²) in [6, 6.07) is 5.53. The van der Waals surface area contributed by atoms with Crippen molar-refractivity contribution >= 4 is 17.8 Å². The second kappa shape index (κ2) is 8.04. The van der Waals surface area contributed by atoms with Crippen LogP contribution in [0.25, 0.3) is 0 Å². The first kappa shape index (κ1) is 19.5. The van der Waals surface area contributed by atoms with E-state index in [1.165, 1.54) is 11.2 Å². The Balaban J connectivity index is 1.82. The van der Waals surface area contributed by atoms with Crippen molar-refractivity contribution in [3.63, 3.8) is 0 Å². The molecule has 0 spiro atoms. The first-order chi connectivity index (χ1) is 12.2. The van der Waals surface area contributed by atoms with E-state index in [2.05, 4.69) is 11.4 Å². The predicted molar refractivity (Wildman–Crippen MR) is 90.2 cm³/mol. The summed E-state index contributed by atoms with van der Waals surface area (Å²) in [4.78, 5) is 37.6. The second-order valence-electron chi connectivity index (χ2n) is 6.88. The average Bonchev–Trinajstić information content (AvgIpc) is 3.23. The van der Waals surface area contributed by atoms with Gasteiger partial charge in [0.15, 0.2) is 6.61 Å². The normalized spacial score (nSPS) is 19.1. The number of nitrogens with one attached hydrogen (secondary N) is 1. The minimum absolute atomic E-state index is 0.0447. The third-order valence-corrected chi connectivity index (χ3v) is 4.61. The number of nitrogens with zero attached hydrogens (tertiary/aromatic N) is 2. The van der Waals surface area contributed by atoms with Crippen LogP contribution in [0.4, 0.5) is 0 Å². The van der Waals surface area contributed by atoms with Gasteiger partial charge in [0.1, 0.15) is 11.3 Å². The lowest BCUT2D eigenvalue weighted by molar-refractivity contribution is -0.152. The summed E-state index contributed by atoms with van der Waals surface area (Å²) in [7, 11) is 0. The van der Waals surface area contributed by atoms with E-state index in [-0.39, 0.29) is 24.8 Å². The SMILES string of the molecule is CC(C)[C@@](C)(C#N)NC(=O)COC(=O)[C@@H]1CC(=O)N(Cc2ccco2)C1. The lowest BCUT2D eigenvalue weighted by atomic mass is 9.90. The average molecular weight is 361 g/mol. The number of hydrogen-bond acceptors (Lipinski definition) is 6. The molecule has 0 saturated carbocycles. The smallest absolute Gasteiger partial charge is 0.311 e. The zero-order chi connectivity index (χ0) is 19.3. The van der Waals surface area contributed by atoms with E-state index >= 15 is 0 Å². The molecule has 8 nitrogen and oxygen atoms in total. The first-order valence-corrected chi connectivity index (χ1v) is 8.44. The van der Waals surface area contributed by atoms with Crippen LogP contribution in [0.2, 0.25) is 0 Å². The molecule has 0 bridgehead atoms. The molecular formula is C18H23N3O5. The van der Waals surface area contributed by atoms with Gasteiger partial charge in [-0.25, -0.2) is 0 Å². The highest BCUT2D eigenvalue weighted by Gasteiger charge is 2.36. The summed E-state index contributed by atoms with van der Waals surface area (Å²) < 4.78 is 10.2. The molecule has 0 radical (unpaired) electrons. The Hall–Kier alpha value is -2.82. The van der Waals surface area contributed by atoms with Crippen LogP contribution < -0.4 is 5.32 Å². The van der Waals surface area contributed by atoms with Gasteiger partial charge < -0.3 is 19.4 Å². The molecule has 8 heteroatoms. The van der Waals surface area contributed by atoms with E-state index in [1.54, 1.807) is 19.1 Å². The van der Waals surface area contributed by atoms with Gasteiger partial charge in [0, 0.05) is 13.0 Å². The standard InChI is InChI=1S/C18H23N3O5/c1-12(2)18(3,11-19)20-15(22)10-26-17(24)13-7-16(23)21(8-13)9-14-5-4-6-25-14/h4-6,12-13H,7-10H2,1-3H3,(H,20,22)/t13-,18-/m1/s1. The molecule has 0 aromatic carbocycles. The molecule has 140 valence electrons. The van der Waals surface area contributed by atoms with Gasteiger partial charge in [-0.05, 0) is 25.0 Å². The molecule has 1 fully saturated rings. The lowest BCUT2D eigenvalue weighted by Gasteiger charge is -2.27. The van der Waals surface area contributed by atoms with Gasteiger partial charge in [-0.1, -0.05) is 13.8 Å². The maximum absolute atomic E-state index is 12.1. The molecule has 2 atom stereocenters. The number of carbonyl (C=O) groups is 3. The van der Waals surface area contributed by atoms with Crippen LogP contribution in [0.15, 0.2) is 22.8 Å². The van der Waals surface area contributed by atoms with E-state index in [4.69, 9.17) is 9.15 Å². The highest BCUT2D eigenvalue weighted by Crippen LogP contribution is 2.21. The van der Waals surface area contributed by atoms with Gasteiger partial charge >= 0.3 is 5.97 Å². The number of nitriles is 1. The largest absolute Gasteiger partial charge is 0.467 e. The highest BCUT2D eigenvalue weighted by molar-refractivity contribution is 5.88. The maximum Gasteiger partial charge on any atom is 0.311 e. The summed E-state index contributed by atoms with van der Waals surface area (Å²) in [5, 5.41) is 11.8. The number of carbonyl (C=O) groups excluding carboxylic acids is 3. The lowest BCUT2D eigenvalue weighted by Crippen LogP contribution is -2.50. The van der Waals surface area contributed by atoms with Crippen LogP contribution in [-0.2, 0) is 25.7 Å². The molecule has 2 rings (SSSR count). The Kier molecular flexibility index (Phi) is 6.03. The monoisotopic (exact) mass is 361 g/mol. The van der Waals surface area contributed by atoms with Crippen LogP contribution in [0.3, 0.4) is 0 Å². The minimum Gasteiger partial charge on any atom is -0.467 e. The van der Waals surface area contributed by atoms with Crippen LogP contribution in [0, 0.1) is 23.2 Å². The van der Waals surface area contributed by atoms with Crippen LogP contribution in [0.1, 0.15) is 33.0 Å². The Bertz CT molecular complexity index is 707. The maximum atomic E-state index is 12.1. The molecule has 2 amide bonds.